The average molecular weight is 227 g/mol. The van der Waals surface area contributed by atoms with Gasteiger partial charge in [0.2, 0.25) is 0 Å². The Morgan fingerprint density at radius 2 is 1.75 bits per heavy atom. The number of amides is 2. The van der Waals surface area contributed by atoms with Crippen molar-refractivity contribution in [1.82, 2.24) is 4.90 Å². The summed E-state index contributed by atoms with van der Waals surface area (Å²) in [6, 6.07) is -0.255. The lowest BCUT2D eigenvalue weighted by Gasteiger charge is -2.23. The molecule has 0 fully saturated rings. The lowest BCUT2D eigenvalue weighted by Crippen LogP contribution is -2.41. The van der Waals surface area contributed by atoms with Gasteiger partial charge < -0.3 is 9.47 Å². The number of hydrogen-bond acceptors (Lipinski definition) is 4. The van der Waals surface area contributed by atoms with Crippen molar-refractivity contribution in [1.29, 1.82) is 0 Å². The van der Waals surface area contributed by atoms with Crippen LogP contribution in [0.3, 0.4) is 0 Å². The van der Waals surface area contributed by atoms with Crippen LogP contribution in [0.1, 0.15) is 13.8 Å². The van der Waals surface area contributed by atoms with Gasteiger partial charge in [0.25, 0.3) is 11.8 Å². The number of carbonyl (C=O) groups is 2. The molecule has 0 aromatic heterocycles. The van der Waals surface area contributed by atoms with Crippen LogP contribution < -0.4 is 0 Å². The van der Waals surface area contributed by atoms with Crippen molar-refractivity contribution in [3.63, 3.8) is 0 Å². The molecular weight excluding hydrogens is 210 g/mol. The predicted octanol–water partition coefficient (Wildman–Crippen LogP) is 0.351. The molecule has 1 aliphatic rings. The number of ether oxygens (including phenoxy) is 2. The molecule has 0 saturated heterocycles. The van der Waals surface area contributed by atoms with E-state index < -0.39 is 0 Å². The molecule has 0 spiro atoms. The molecule has 1 aliphatic heterocycles. The van der Waals surface area contributed by atoms with Gasteiger partial charge in [-0.3, -0.25) is 14.5 Å². The Bertz CT molecular complexity index is 282. The number of nitrogens with zero attached hydrogens (tertiary/aromatic N) is 1. The summed E-state index contributed by atoms with van der Waals surface area (Å²) in [5.41, 5.74) is 0. The summed E-state index contributed by atoms with van der Waals surface area (Å²) in [7, 11) is 1.60. The van der Waals surface area contributed by atoms with E-state index >= 15 is 0 Å². The van der Waals surface area contributed by atoms with Crippen LogP contribution in [0.2, 0.25) is 0 Å². The van der Waals surface area contributed by atoms with Gasteiger partial charge in [0.15, 0.2) is 0 Å². The first-order valence-corrected chi connectivity index (χ1v) is 5.22. The van der Waals surface area contributed by atoms with Crippen molar-refractivity contribution < 1.29 is 19.1 Å². The van der Waals surface area contributed by atoms with Gasteiger partial charge in [-0.25, -0.2) is 0 Å². The topological polar surface area (TPSA) is 55.8 Å². The summed E-state index contributed by atoms with van der Waals surface area (Å²) in [5.74, 6) is -0.555. The standard InChI is InChI=1S/C11H17NO4/c1-8(6-16-9(2)7-15-3)12-10(13)4-5-11(12)14/h4-5,8-9H,6-7H2,1-3H3. The molecule has 0 saturated carbocycles. The number of hydrogen-bond donors (Lipinski definition) is 0. The second-order valence-electron chi connectivity index (χ2n) is 3.83. The van der Waals surface area contributed by atoms with Gasteiger partial charge in [-0.05, 0) is 13.8 Å². The summed E-state index contributed by atoms with van der Waals surface area (Å²) < 4.78 is 10.4. The Hall–Kier alpha value is -1.20. The lowest BCUT2D eigenvalue weighted by atomic mass is 10.3. The molecule has 0 radical (unpaired) electrons. The predicted molar refractivity (Wildman–Crippen MR) is 57.7 cm³/mol. The first kappa shape index (κ1) is 12.9. The fourth-order valence-corrected chi connectivity index (χ4v) is 1.51. The molecule has 16 heavy (non-hydrogen) atoms. The zero-order chi connectivity index (χ0) is 12.1. The van der Waals surface area contributed by atoms with Gasteiger partial charge in [0, 0.05) is 19.3 Å². The fourth-order valence-electron chi connectivity index (χ4n) is 1.51. The molecule has 0 bridgehead atoms. The van der Waals surface area contributed by atoms with Crippen molar-refractivity contribution >= 4 is 11.8 Å². The van der Waals surface area contributed by atoms with Gasteiger partial charge >= 0.3 is 0 Å². The third kappa shape index (κ3) is 3.15. The Labute approximate surface area is 95.0 Å². The summed E-state index contributed by atoms with van der Waals surface area (Å²) in [5, 5.41) is 0. The largest absolute Gasteiger partial charge is 0.382 e. The minimum Gasteiger partial charge on any atom is -0.382 e. The SMILES string of the molecule is COCC(C)OCC(C)N1C(=O)C=CC1=O. The van der Waals surface area contributed by atoms with Gasteiger partial charge in [0.05, 0.1) is 25.4 Å². The van der Waals surface area contributed by atoms with Gasteiger partial charge in [-0.2, -0.15) is 0 Å². The first-order chi connectivity index (χ1) is 7.56. The highest BCUT2D eigenvalue weighted by Gasteiger charge is 2.28. The second-order valence-corrected chi connectivity index (χ2v) is 3.83. The molecular formula is C11H17NO4. The zero-order valence-electron chi connectivity index (χ0n) is 9.80. The molecule has 2 unspecified atom stereocenters. The van der Waals surface area contributed by atoms with Gasteiger partial charge in [-0.15, -0.1) is 0 Å². The highest BCUT2D eigenvalue weighted by Crippen LogP contribution is 2.09. The monoisotopic (exact) mass is 227 g/mol. The van der Waals surface area contributed by atoms with Crippen molar-refractivity contribution in [2.75, 3.05) is 20.3 Å². The van der Waals surface area contributed by atoms with Crippen LogP contribution in [-0.4, -0.2) is 49.2 Å². The van der Waals surface area contributed by atoms with E-state index in [0.29, 0.717) is 13.2 Å². The molecule has 5 nitrogen and oxygen atoms in total. The average Bonchev–Trinajstić information content (AvgIpc) is 2.56. The maximum Gasteiger partial charge on any atom is 0.253 e. The van der Waals surface area contributed by atoms with Gasteiger partial charge in [-0.1, -0.05) is 0 Å². The number of imide groups is 1. The highest BCUT2D eigenvalue weighted by atomic mass is 16.5. The van der Waals surface area contributed by atoms with Crippen molar-refractivity contribution in [3.05, 3.63) is 12.2 Å². The Morgan fingerprint density at radius 1 is 1.19 bits per heavy atom. The van der Waals surface area contributed by atoms with Crippen LogP contribution in [0.5, 0.6) is 0 Å². The van der Waals surface area contributed by atoms with E-state index in [1.54, 1.807) is 14.0 Å². The summed E-state index contributed by atoms with van der Waals surface area (Å²) in [6.45, 7) is 4.47. The molecule has 90 valence electrons. The summed E-state index contributed by atoms with van der Waals surface area (Å²) >= 11 is 0. The number of methoxy groups -OCH3 is 1. The Balaban J connectivity index is 2.38. The van der Waals surface area contributed by atoms with Crippen LogP contribution in [0, 0.1) is 0 Å². The lowest BCUT2D eigenvalue weighted by molar-refractivity contribution is -0.141. The van der Waals surface area contributed by atoms with Crippen LogP contribution in [0.25, 0.3) is 0 Å². The molecule has 0 aliphatic carbocycles. The van der Waals surface area contributed by atoms with Crippen molar-refractivity contribution in [2.45, 2.75) is 26.0 Å². The first-order valence-electron chi connectivity index (χ1n) is 5.22. The molecule has 1 heterocycles. The molecule has 0 aromatic rings. The van der Waals surface area contributed by atoms with E-state index in [2.05, 4.69) is 0 Å². The highest BCUT2D eigenvalue weighted by molar-refractivity contribution is 6.13. The molecule has 2 amide bonds. The van der Waals surface area contributed by atoms with E-state index in [1.807, 2.05) is 6.92 Å². The maximum atomic E-state index is 11.3. The van der Waals surface area contributed by atoms with E-state index in [0.717, 1.165) is 0 Å². The molecule has 2 atom stereocenters. The maximum absolute atomic E-state index is 11.3. The van der Waals surface area contributed by atoms with Crippen LogP contribution in [0.4, 0.5) is 0 Å². The minimum atomic E-state index is -0.277. The number of rotatable bonds is 6. The molecule has 1 rings (SSSR count). The molecule has 0 N–H and O–H groups in total. The zero-order valence-corrected chi connectivity index (χ0v) is 9.80. The number of carbonyl (C=O) groups excluding carboxylic acids is 2. The van der Waals surface area contributed by atoms with E-state index in [1.165, 1.54) is 17.1 Å². The third-order valence-electron chi connectivity index (χ3n) is 2.31. The van der Waals surface area contributed by atoms with Crippen LogP contribution >= 0.6 is 0 Å². The van der Waals surface area contributed by atoms with E-state index in [9.17, 15) is 9.59 Å². The molecule has 5 heteroatoms. The fraction of sp³-hybridized carbons (Fsp3) is 0.636. The third-order valence-corrected chi connectivity index (χ3v) is 2.31. The van der Waals surface area contributed by atoms with E-state index in [-0.39, 0.29) is 24.0 Å². The van der Waals surface area contributed by atoms with E-state index in [4.69, 9.17) is 9.47 Å². The minimum absolute atomic E-state index is 0.0479. The quantitative estimate of drug-likeness (QED) is 0.614. The molecule has 0 aromatic carbocycles. The Kier molecular flexibility index (Phi) is 4.64. The second kappa shape index (κ2) is 5.77. The van der Waals surface area contributed by atoms with Crippen LogP contribution in [-0.2, 0) is 19.1 Å². The summed E-state index contributed by atoms with van der Waals surface area (Å²) in [6.07, 6.45) is 2.50. The Morgan fingerprint density at radius 3 is 2.25 bits per heavy atom. The van der Waals surface area contributed by atoms with Crippen molar-refractivity contribution in [3.8, 4) is 0 Å². The van der Waals surface area contributed by atoms with Crippen molar-refractivity contribution in [2.24, 2.45) is 0 Å². The smallest absolute Gasteiger partial charge is 0.253 e. The van der Waals surface area contributed by atoms with Crippen LogP contribution in [0.15, 0.2) is 12.2 Å². The summed E-state index contributed by atoms with van der Waals surface area (Å²) in [4.78, 5) is 23.9. The van der Waals surface area contributed by atoms with Gasteiger partial charge in [0.1, 0.15) is 0 Å². The normalized spacial score (nSPS) is 19.3.